The summed E-state index contributed by atoms with van der Waals surface area (Å²) in [5.74, 6) is 0.296. The summed E-state index contributed by atoms with van der Waals surface area (Å²) in [6.45, 7) is 0. The molecule has 0 aliphatic carbocycles. The lowest BCUT2D eigenvalue weighted by molar-refractivity contribution is 0.0722. The summed E-state index contributed by atoms with van der Waals surface area (Å²) in [5.41, 5.74) is 0.246. The van der Waals surface area contributed by atoms with E-state index in [2.05, 4.69) is 20.9 Å². The van der Waals surface area contributed by atoms with Crippen molar-refractivity contribution in [2.75, 3.05) is 7.11 Å². The molecule has 5 heteroatoms. The van der Waals surface area contributed by atoms with Crippen molar-refractivity contribution >= 4 is 21.9 Å². The van der Waals surface area contributed by atoms with Crippen LogP contribution in [0.2, 0.25) is 0 Å². The van der Waals surface area contributed by atoms with Gasteiger partial charge in [-0.15, -0.1) is 0 Å². The predicted octanol–water partition coefficient (Wildman–Crippen LogP) is 3.07. The van der Waals surface area contributed by atoms with Crippen molar-refractivity contribution < 1.29 is 14.3 Å². The molecular weight excluding hydrogens is 298 g/mol. The Bertz CT molecular complexity index is 557. The molecule has 0 radical (unpaired) electrons. The van der Waals surface area contributed by atoms with Gasteiger partial charge in [-0.2, -0.15) is 0 Å². The van der Waals surface area contributed by atoms with E-state index in [1.807, 2.05) is 0 Å². The summed E-state index contributed by atoms with van der Waals surface area (Å²) in [6, 6.07) is 10.3. The van der Waals surface area contributed by atoms with Crippen molar-refractivity contribution in [2.24, 2.45) is 0 Å². The highest BCUT2D eigenvalue weighted by Gasteiger charge is 2.15. The minimum Gasteiger partial charge on any atom is -0.493 e. The Morgan fingerprint density at radius 3 is 2.72 bits per heavy atom. The maximum atomic E-state index is 11.9. The number of hydrogen-bond donors (Lipinski definition) is 0. The van der Waals surface area contributed by atoms with Gasteiger partial charge in [0.15, 0.2) is 11.5 Å². The molecule has 2 aromatic rings. The normalized spacial score (nSPS) is 9.89. The van der Waals surface area contributed by atoms with Crippen LogP contribution in [0, 0.1) is 0 Å². The molecule has 1 heterocycles. The van der Waals surface area contributed by atoms with Crippen LogP contribution in [0.25, 0.3) is 0 Å². The SMILES string of the molecule is COc1cccc(Br)c1OC(=O)c1ccccn1. The molecule has 1 aromatic carbocycles. The summed E-state index contributed by atoms with van der Waals surface area (Å²) in [5, 5.41) is 0. The zero-order chi connectivity index (χ0) is 13.0. The Kier molecular flexibility index (Phi) is 3.94. The van der Waals surface area contributed by atoms with Crippen molar-refractivity contribution in [3.63, 3.8) is 0 Å². The Morgan fingerprint density at radius 2 is 2.06 bits per heavy atom. The fraction of sp³-hybridized carbons (Fsp3) is 0.0769. The van der Waals surface area contributed by atoms with Crippen LogP contribution in [0.5, 0.6) is 11.5 Å². The lowest BCUT2D eigenvalue weighted by Crippen LogP contribution is -2.11. The fourth-order valence-corrected chi connectivity index (χ4v) is 1.81. The van der Waals surface area contributed by atoms with Gasteiger partial charge in [0.1, 0.15) is 5.69 Å². The highest BCUT2D eigenvalue weighted by Crippen LogP contribution is 2.35. The molecule has 0 unspecified atom stereocenters. The molecule has 0 spiro atoms. The van der Waals surface area contributed by atoms with Gasteiger partial charge in [0.05, 0.1) is 11.6 Å². The summed E-state index contributed by atoms with van der Waals surface area (Å²) in [6.07, 6.45) is 1.54. The van der Waals surface area contributed by atoms with E-state index in [1.165, 1.54) is 13.3 Å². The topological polar surface area (TPSA) is 48.4 Å². The lowest BCUT2D eigenvalue weighted by atomic mass is 10.3. The van der Waals surface area contributed by atoms with Crippen molar-refractivity contribution in [3.05, 3.63) is 52.8 Å². The number of para-hydroxylation sites is 1. The first-order chi connectivity index (χ1) is 8.72. The van der Waals surface area contributed by atoms with E-state index >= 15 is 0 Å². The third-order valence-electron chi connectivity index (χ3n) is 2.22. The van der Waals surface area contributed by atoms with Gasteiger partial charge in [-0.25, -0.2) is 9.78 Å². The zero-order valence-electron chi connectivity index (χ0n) is 9.59. The molecule has 0 aliphatic rings. The number of ether oxygens (including phenoxy) is 2. The quantitative estimate of drug-likeness (QED) is 0.646. The van der Waals surface area contributed by atoms with Crippen molar-refractivity contribution in [1.29, 1.82) is 0 Å². The Balaban J connectivity index is 2.27. The Hall–Kier alpha value is -1.88. The zero-order valence-corrected chi connectivity index (χ0v) is 11.2. The first kappa shape index (κ1) is 12.6. The minimum atomic E-state index is -0.527. The number of halogens is 1. The molecule has 0 amide bonds. The second-order valence-corrected chi connectivity index (χ2v) is 4.23. The lowest BCUT2D eigenvalue weighted by Gasteiger charge is -2.10. The van der Waals surface area contributed by atoms with Gasteiger partial charge in [-0.05, 0) is 40.2 Å². The van der Waals surface area contributed by atoms with E-state index in [-0.39, 0.29) is 5.69 Å². The van der Waals surface area contributed by atoms with Crippen LogP contribution in [0.1, 0.15) is 10.5 Å². The van der Waals surface area contributed by atoms with Crippen LogP contribution in [-0.2, 0) is 0 Å². The van der Waals surface area contributed by atoms with Gasteiger partial charge in [-0.3, -0.25) is 0 Å². The second-order valence-electron chi connectivity index (χ2n) is 3.38. The van der Waals surface area contributed by atoms with Crippen molar-refractivity contribution in [2.45, 2.75) is 0 Å². The number of carbonyl (C=O) groups is 1. The first-order valence-corrected chi connectivity index (χ1v) is 5.97. The molecule has 0 N–H and O–H groups in total. The number of pyridine rings is 1. The van der Waals surface area contributed by atoms with E-state index in [0.717, 1.165) is 0 Å². The van der Waals surface area contributed by atoms with E-state index in [4.69, 9.17) is 9.47 Å². The average Bonchev–Trinajstić information content (AvgIpc) is 2.42. The summed E-state index contributed by atoms with van der Waals surface area (Å²) < 4.78 is 11.1. The van der Waals surface area contributed by atoms with Gasteiger partial charge >= 0.3 is 5.97 Å². The first-order valence-electron chi connectivity index (χ1n) is 5.18. The van der Waals surface area contributed by atoms with Gasteiger partial charge in [0.25, 0.3) is 0 Å². The van der Waals surface area contributed by atoms with Crippen molar-refractivity contribution in [3.8, 4) is 11.5 Å². The summed E-state index contributed by atoms with van der Waals surface area (Å²) >= 11 is 3.31. The predicted molar refractivity (Wildman–Crippen MR) is 69.9 cm³/mol. The molecule has 2 rings (SSSR count). The maximum absolute atomic E-state index is 11.9. The molecule has 1 aromatic heterocycles. The maximum Gasteiger partial charge on any atom is 0.362 e. The molecule has 0 aliphatic heterocycles. The highest BCUT2D eigenvalue weighted by atomic mass is 79.9. The molecule has 18 heavy (non-hydrogen) atoms. The molecule has 4 nitrogen and oxygen atoms in total. The van der Waals surface area contributed by atoms with Crippen LogP contribution in [0.3, 0.4) is 0 Å². The van der Waals surface area contributed by atoms with Crippen LogP contribution in [0.15, 0.2) is 47.1 Å². The smallest absolute Gasteiger partial charge is 0.362 e. The molecule has 0 atom stereocenters. The Morgan fingerprint density at radius 1 is 1.22 bits per heavy atom. The van der Waals surface area contributed by atoms with Crippen LogP contribution >= 0.6 is 15.9 Å². The van der Waals surface area contributed by atoms with E-state index in [1.54, 1.807) is 36.4 Å². The Labute approximate surface area is 113 Å². The number of methoxy groups -OCH3 is 1. The summed E-state index contributed by atoms with van der Waals surface area (Å²) in [7, 11) is 1.51. The molecular formula is C13H10BrNO3. The number of benzene rings is 1. The van der Waals surface area contributed by atoms with Gasteiger partial charge < -0.3 is 9.47 Å². The average molecular weight is 308 g/mol. The number of nitrogens with zero attached hydrogens (tertiary/aromatic N) is 1. The third-order valence-corrected chi connectivity index (χ3v) is 2.84. The van der Waals surface area contributed by atoms with Crippen LogP contribution in [0.4, 0.5) is 0 Å². The number of hydrogen-bond acceptors (Lipinski definition) is 4. The molecule has 0 saturated carbocycles. The number of carbonyl (C=O) groups excluding carboxylic acids is 1. The standard InChI is InChI=1S/C13H10BrNO3/c1-17-11-7-4-5-9(14)12(11)18-13(16)10-6-2-3-8-15-10/h2-8H,1H3. The second kappa shape index (κ2) is 5.64. The molecule has 0 bridgehead atoms. The number of esters is 1. The minimum absolute atomic E-state index is 0.246. The number of rotatable bonds is 3. The van der Waals surface area contributed by atoms with E-state index < -0.39 is 5.97 Å². The van der Waals surface area contributed by atoms with Crippen LogP contribution in [-0.4, -0.2) is 18.1 Å². The molecule has 0 fully saturated rings. The largest absolute Gasteiger partial charge is 0.493 e. The van der Waals surface area contributed by atoms with Crippen molar-refractivity contribution in [1.82, 2.24) is 4.98 Å². The third kappa shape index (κ3) is 2.68. The number of aromatic nitrogens is 1. The monoisotopic (exact) mass is 307 g/mol. The van der Waals surface area contributed by atoms with E-state index in [9.17, 15) is 4.79 Å². The van der Waals surface area contributed by atoms with E-state index in [0.29, 0.717) is 16.0 Å². The summed E-state index contributed by atoms with van der Waals surface area (Å²) in [4.78, 5) is 15.8. The highest BCUT2D eigenvalue weighted by molar-refractivity contribution is 9.10. The molecule has 92 valence electrons. The van der Waals surface area contributed by atoms with Gasteiger partial charge in [0.2, 0.25) is 0 Å². The van der Waals surface area contributed by atoms with Gasteiger partial charge in [-0.1, -0.05) is 12.1 Å². The van der Waals surface area contributed by atoms with Gasteiger partial charge in [0, 0.05) is 6.20 Å². The fourth-order valence-electron chi connectivity index (χ4n) is 1.38. The van der Waals surface area contributed by atoms with Crippen LogP contribution < -0.4 is 9.47 Å². The molecule has 0 saturated heterocycles.